The van der Waals surface area contributed by atoms with E-state index in [1.165, 1.54) is 34.6 Å². The third kappa shape index (κ3) is 6.16. The molecule has 0 aliphatic carbocycles. The van der Waals surface area contributed by atoms with E-state index in [0.717, 1.165) is 12.1 Å². The van der Waals surface area contributed by atoms with Gasteiger partial charge in [0.2, 0.25) is 10.0 Å². The number of ketones is 1. The van der Waals surface area contributed by atoms with Gasteiger partial charge in [0.1, 0.15) is 10.8 Å². The van der Waals surface area contributed by atoms with Gasteiger partial charge in [-0.3, -0.25) is 19.7 Å². The van der Waals surface area contributed by atoms with Crippen LogP contribution >= 0.6 is 11.6 Å². The van der Waals surface area contributed by atoms with E-state index in [1.54, 1.807) is 0 Å². The Hall–Kier alpha value is -2.89. The molecule has 1 fully saturated rings. The standard InChI is InChI=1S/C22H22ClFN2O7S/c23-19-8-7-18(14-20(19)26(29)30)34(31,32)25-11-9-16(10-12-25)22(28)33-13-1-2-21(27)15-3-5-17(24)6-4-15/h3-8,14,16H,1-2,9-13H2. The zero-order chi connectivity index (χ0) is 24.9. The smallest absolute Gasteiger partial charge is 0.309 e. The van der Waals surface area contributed by atoms with E-state index in [9.17, 15) is 32.5 Å². The Morgan fingerprint density at radius 1 is 1.15 bits per heavy atom. The molecule has 0 unspecified atom stereocenters. The van der Waals surface area contributed by atoms with Crippen LogP contribution in [-0.2, 0) is 19.6 Å². The number of rotatable bonds is 9. The van der Waals surface area contributed by atoms with Crippen LogP contribution in [0.5, 0.6) is 0 Å². The highest BCUT2D eigenvalue weighted by Crippen LogP contribution is 2.30. The summed E-state index contributed by atoms with van der Waals surface area (Å²) in [5, 5.41) is 10.9. The molecule has 9 nitrogen and oxygen atoms in total. The number of sulfonamides is 1. The van der Waals surface area contributed by atoms with Gasteiger partial charge in [-0.25, -0.2) is 12.8 Å². The van der Waals surface area contributed by atoms with Crippen LogP contribution in [0.2, 0.25) is 5.02 Å². The van der Waals surface area contributed by atoms with Crippen molar-refractivity contribution < 1.29 is 32.1 Å². The van der Waals surface area contributed by atoms with Crippen LogP contribution in [0.3, 0.4) is 0 Å². The number of hydrogen-bond acceptors (Lipinski definition) is 7. The second-order valence-electron chi connectivity index (χ2n) is 7.75. The van der Waals surface area contributed by atoms with Crippen molar-refractivity contribution in [1.29, 1.82) is 0 Å². The van der Waals surface area contributed by atoms with E-state index in [-0.39, 0.29) is 54.7 Å². The summed E-state index contributed by atoms with van der Waals surface area (Å²) in [6.07, 6.45) is 0.928. The van der Waals surface area contributed by atoms with Crippen molar-refractivity contribution in [1.82, 2.24) is 4.31 Å². The third-order valence-electron chi connectivity index (χ3n) is 5.50. The second kappa shape index (κ2) is 11.0. The van der Waals surface area contributed by atoms with Crippen LogP contribution < -0.4 is 0 Å². The highest BCUT2D eigenvalue weighted by Gasteiger charge is 2.33. The van der Waals surface area contributed by atoms with Crippen molar-refractivity contribution in [3.8, 4) is 0 Å². The Labute approximate surface area is 200 Å². The Balaban J connectivity index is 1.47. The zero-order valence-electron chi connectivity index (χ0n) is 18.0. The minimum absolute atomic E-state index is 0.0404. The topological polar surface area (TPSA) is 124 Å². The summed E-state index contributed by atoms with van der Waals surface area (Å²) in [5.74, 6) is -1.57. The fraction of sp³-hybridized carbons (Fsp3) is 0.364. The minimum Gasteiger partial charge on any atom is -0.465 e. The molecule has 0 bridgehead atoms. The summed E-state index contributed by atoms with van der Waals surface area (Å²) in [5.41, 5.74) is -0.119. The number of carbonyl (C=O) groups excluding carboxylic acids is 2. The molecule has 2 aromatic rings. The molecule has 182 valence electrons. The lowest BCUT2D eigenvalue weighted by Gasteiger charge is -2.30. The van der Waals surface area contributed by atoms with Gasteiger partial charge in [-0.1, -0.05) is 11.6 Å². The number of Topliss-reactive ketones (excluding diaryl/α,β-unsaturated/α-hetero) is 1. The highest BCUT2D eigenvalue weighted by molar-refractivity contribution is 7.89. The first-order chi connectivity index (χ1) is 16.1. The molecule has 1 aliphatic rings. The van der Waals surface area contributed by atoms with E-state index in [1.807, 2.05) is 0 Å². The lowest BCUT2D eigenvalue weighted by molar-refractivity contribution is -0.384. The van der Waals surface area contributed by atoms with Crippen LogP contribution in [-0.4, -0.2) is 49.1 Å². The molecule has 0 N–H and O–H groups in total. The van der Waals surface area contributed by atoms with Crippen molar-refractivity contribution in [3.63, 3.8) is 0 Å². The molecule has 34 heavy (non-hydrogen) atoms. The second-order valence-corrected chi connectivity index (χ2v) is 10.1. The van der Waals surface area contributed by atoms with E-state index in [2.05, 4.69) is 0 Å². The number of carbonyl (C=O) groups is 2. The predicted molar refractivity (Wildman–Crippen MR) is 121 cm³/mol. The van der Waals surface area contributed by atoms with Crippen molar-refractivity contribution in [2.45, 2.75) is 30.6 Å². The van der Waals surface area contributed by atoms with Crippen molar-refractivity contribution >= 4 is 39.1 Å². The molecule has 0 saturated carbocycles. The first-order valence-corrected chi connectivity index (χ1v) is 12.3. The summed E-state index contributed by atoms with van der Waals surface area (Å²) < 4.78 is 45.0. The predicted octanol–water partition coefficient (Wildman–Crippen LogP) is 3.99. The van der Waals surface area contributed by atoms with Gasteiger partial charge in [-0.2, -0.15) is 4.31 Å². The number of piperidine rings is 1. The minimum atomic E-state index is -3.99. The SMILES string of the molecule is O=C(CCCOC(=O)C1CCN(S(=O)(=O)c2ccc(Cl)c([N+](=O)[O-])c2)CC1)c1ccc(F)cc1. The number of nitro benzene ring substituents is 1. The summed E-state index contributed by atoms with van der Waals surface area (Å²) in [7, 11) is -3.99. The van der Waals surface area contributed by atoms with Gasteiger partial charge in [0.05, 0.1) is 22.3 Å². The van der Waals surface area contributed by atoms with Gasteiger partial charge in [-0.15, -0.1) is 0 Å². The van der Waals surface area contributed by atoms with Crippen molar-refractivity contribution in [2.24, 2.45) is 5.92 Å². The largest absolute Gasteiger partial charge is 0.465 e. The Kier molecular flexibility index (Phi) is 8.34. The molecule has 1 heterocycles. The Morgan fingerprint density at radius 3 is 2.41 bits per heavy atom. The maximum Gasteiger partial charge on any atom is 0.309 e. The van der Waals surface area contributed by atoms with Crippen LogP contribution in [0.4, 0.5) is 10.1 Å². The van der Waals surface area contributed by atoms with Crippen LogP contribution in [0.25, 0.3) is 0 Å². The summed E-state index contributed by atoms with van der Waals surface area (Å²) in [6.45, 7) is 0.155. The molecular weight excluding hydrogens is 491 g/mol. The molecule has 2 aromatic carbocycles. The summed E-state index contributed by atoms with van der Waals surface area (Å²) in [6, 6.07) is 8.49. The molecule has 3 rings (SSSR count). The number of esters is 1. The average Bonchev–Trinajstić information content (AvgIpc) is 2.82. The van der Waals surface area contributed by atoms with Gasteiger partial charge in [0, 0.05) is 31.1 Å². The normalized spacial score (nSPS) is 15.1. The summed E-state index contributed by atoms with van der Waals surface area (Å²) >= 11 is 5.75. The van der Waals surface area contributed by atoms with Crippen LogP contribution in [0.1, 0.15) is 36.0 Å². The monoisotopic (exact) mass is 512 g/mol. The van der Waals surface area contributed by atoms with Crippen LogP contribution in [0.15, 0.2) is 47.4 Å². The highest BCUT2D eigenvalue weighted by atomic mass is 35.5. The molecule has 0 radical (unpaired) electrons. The molecular formula is C22H22ClFN2O7S. The lowest BCUT2D eigenvalue weighted by Crippen LogP contribution is -2.40. The number of benzene rings is 2. The Morgan fingerprint density at radius 2 is 1.79 bits per heavy atom. The quantitative estimate of drug-likeness (QED) is 0.163. The van der Waals surface area contributed by atoms with Gasteiger partial charge in [0.25, 0.3) is 5.69 Å². The van der Waals surface area contributed by atoms with Gasteiger partial charge in [-0.05, 0) is 55.7 Å². The zero-order valence-corrected chi connectivity index (χ0v) is 19.6. The number of ether oxygens (including phenoxy) is 1. The number of nitro groups is 1. The average molecular weight is 513 g/mol. The van der Waals surface area contributed by atoms with E-state index in [0.29, 0.717) is 12.0 Å². The molecule has 12 heteroatoms. The fourth-order valence-corrected chi connectivity index (χ4v) is 5.25. The van der Waals surface area contributed by atoms with Gasteiger partial charge >= 0.3 is 5.97 Å². The molecule has 0 aromatic heterocycles. The van der Waals surface area contributed by atoms with Gasteiger partial charge < -0.3 is 4.74 Å². The van der Waals surface area contributed by atoms with Gasteiger partial charge in [0.15, 0.2) is 5.78 Å². The Bertz CT molecular complexity index is 1180. The number of nitrogens with zero attached hydrogens (tertiary/aromatic N) is 2. The first kappa shape index (κ1) is 25.7. The van der Waals surface area contributed by atoms with Crippen LogP contribution in [0, 0.1) is 21.8 Å². The fourth-order valence-electron chi connectivity index (χ4n) is 3.58. The molecule has 1 saturated heterocycles. The van der Waals surface area contributed by atoms with E-state index in [4.69, 9.17) is 16.3 Å². The number of hydrogen-bond donors (Lipinski definition) is 0. The maximum absolute atomic E-state index is 12.9. The van der Waals surface area contributed by atoms with E-state index >= 15 is 0 Å². The molecule has 0 amide bonds. The molecule has 0 spiro atoms. The molecule has 0 atom stereocenters. The lowest BCUT2D eigenvalue weighted by atomic mass is 9.98. The first-order valence-electron chi connectivity index (χ1n) is 10.5. The van der Waals surface area contributed by atoms with E-state index < -0.39 is 38.3 Å². The maximum atomic E-state index is 12.9. The number of halogens is 2. The molecule has 1 aliphatic heterocycles. The van der Waals surface area contributed by atoms with Crippen molar-refractivity contribution in [3.05, 3.63) is 69.0 Å². The third-order valence-corrected chi connectivity index (χ3v) is 7.71. The van der Waals surface area contributed by atoms with Crippen molar-refractivity contribution in [2.75, 3.05) is 19.7 Å². The summed E-state index contributed by atoms with van der Waals surface area (Å²) in [4.78, 5) is 34.4.